The molecule has 5 aliphatic rings. The van der Waals surface area contributed by atoms with Gasteiger partial charge in [-0.2, -0.15) is 0 Å². The van der Waals surface area contributed by atoms with Crippen molar-refractivity contribution in [1.82, 2.24) is 0 Å². The fourth-order valence-electron chi connectivity index (χ4n) is 6.37. The lowest BCUT2D eigenvalue weighted by molar-refractivity contribution is -0.00292. The minimum absolute atomic E-state index is 0.744. The van der Waals surface area contributed by atoms with E-state index in [9.17, 15) is 0 Å². The number of hydrogen-bond acceptors (Lipinski definition) is 2. The van der Waals surface area contributed by atoms with Crippen molar-refractivity contribution < 1.29 is 4.42 Å². The van der Waals surface area contributed by atoms with E-state index in [1.54, 1.807) is 0 Å². The van der Waals surface area contributed by atoms with Gasteiger partial charge in [-0.15, -0.1) is 0 Å². The van der Waals surface area contributed by atoms with E-state index in [0.29, 0.717) is 0 Å². The van der Waals surface area contributed by atoms with Crippen molar-refractivity contribution in [2.75, 3.05) is 5.73 Å². The third kappa shape index (κ3) is 1.51. The number of nitrogens with two attached hydrogens (primary N) is 1. The van der Waals surface area contributed by atoms with Crippen LogP contribution in [0.4, 0.5) is 5.88 Å². The molecule has 20 heavy (non-hydrogen) atoms. The number of fused-ring (bicyclic) bond motifs is 1. The normalized spacial score (nSPS) is 41.9. The maximum atomic E-state index is 6.33. The number of aryl methyl sites for hydroxylation is 1. The van der Waals surface area contributed by atoms with E-state index in [1.807, 2.05) is 0 Å². The van der Waals surface area contributed by atoms with Gasteiger partial charge in [0.2, 0.25) is 0 Å². The van der Waals surface area contributed by atoms with Crippen LogP contribution >= 0.6 is 0 Å². The Morgan fingerprint density at radius 2 is 1.50 bits per heavy atom. The Morgan fingerprint density at radius 1 is 0.850 bits per heavy atom. The largest absolute Gasteiger partial charge is 0.445 e. The predicted octanol–water partition coefficient (Wildman–Crippen LogP) is 4.28. The van der Waals surface area contributed by atoms with Crippen molar-refractivity contribution in [3.05, 3.63) is 16.9 Å². The quantitative estimate of drug-likeness (QED) is 0.828. The van der Waals surface area contributed by atoms with Gasteiger partial charge in [0.15, 0.2) is 5.88 Å². The molecule has 1 aromatic heterocycles. The van der Waals surface area contributed by atoms with Crippen LogP contribution in [-0.2, 0) is 12.8 Å². The van der Waals surface area contributed by atoms with Crippen LogP contribution in [0, 0.1) is 23.7 Å². The molecule has 1 heterocycles. The Bertz CT molecular complexity index is 516. The van der Waals surface area contributed by atoms with E-state index >= 15 is 0 Å². The first kappa shape index (κ1) is 11.7. The molecule has 2 heteroatoms. The van der Waals surface area contributed by atoms with Gasteiger partial charge in [-0.1, -0.05) is 0 Å². The van der Waals surface area contributed by atoms with Crippen LogP contribution in [-0.4, -0.2) is 0 Å². The highest BCUT2D eigenvalue weighted by Gasteiger charge is 2.50. The van der Waals surface area contributed by atoms with E-state index in [2.05, 4.69) is 0 Å². The molecular formula is C18H25NO. The van der Waals surface area contributed by atoms with Crippen LogP contribution in [0.25, 0.3) is 0 Å². The first-order valence-electron chi connectivity index (χ1n) is 8.69. The molecular weight excluding hydrogens is 246 g/mol. The lowest BCUT2D eigenvalue weighted by Gasteiger charge is -2.54. The molecule has 0 radical (unpaired) electrons. The van der Waals surface area contributed by atoms with Gasteiger partial charge in [0.1, 0.15) is 5.76 Å². The van der Waals surface area contributed by atoms with Gasteiger partial charge in [-0.25, -0.2) is 0 Å². The average Bonchev–Trinajstić information content (AvgIpc) is 2.74. The van der Waals surface area contributed by atoms with Crippen molar-refractivity contribution in [2.24, 2.45) is 23.7 Å². The van der Waals surface area contributed by atoms with E-state index in [-0.39, 0.29) is 0 Å². The zero-order valence-corrected chi connectivity index (χ0v) is 12.2. The van der Waals surface area contributed by atoms with Crippen molar-refractivity contribution >= 4 is 5.88 Å². The molecule has 0 unspecified atom stereocenters. The number of anilines is 1. The van der Waals surface area contributed by atoms with Crippen molar-refractivity contribution in [1.29, 1.82) is 0 Å². The predicted molar refractivity (Wildman–Crippen MR) is 79.5 cm³/mol. The van der Waals surface area contributed by atoms with Gasteiger partial charge in [0.05, 0.1) is 0 Å². The van der Waals surface area contributed by atoms with Crippen molar-refractivity contribution in [2.45, 2.75) is 63.7 Å². The Morgan fingerprint density at radius 3 is 2.20 bits per heavy atom. The molecule has 1 aromatic rings. The van der Waals surface area contributed by atoms with Gasteiger partial charge in [-0.3, -0.25) is 0 Å². The third-order valence-corrected chi connectivity index (χ3v) is 6.80. The molecule has 0 aliphatic heterocycles. The molecule has 0 saturated heterocycles. The molecule has 0 aromatic carbocycles. The van der Waals surface area contributed by atoms with Crippen LogP contribution in [0.5, 0.6) is 0 Å². The molecule has 5 aliphatic carbocycles. The molecule has 0 amide bonds. The standard InChI is InChI=1S/C18H25NO/c19-18-17(14-3-1-2-4-15(14)20-18)16-12-6-10-5-11(8-12)9-13(16)7-10/h10-13,16H,1-9,19H2. The summed E-state index contributed by atoms with van der Waals surface area (Å²) >= 11 is 0. The monoisotopic (exact) mass is 271 g/mol. The molecule has 0 spiro atoms. The Balaban J connectivity index is 1.58. The van der Waals surface area contributed by atoms with E-state index in [0.717, 1.165) is 41.9 Å². The second kappa shape index (κ2) is 4.05. The van der Waals surface area contributed by atoms with Gasteiger partial charge >= 0.3 is 0 Å². The van der Waals surface area contributed by atoms with E-state index in [1.165, 1.54) is 68.3 Å². The topological polar surface area (TPSA) is 39.2 Å². The summed E-state index contributed by atoms with van der Waals surface area (Å²) in [5, 5.41) is 0. The summed E-state index contributed by atoms with van der Waals surface area (Å²) < 4.78 is 5.97. The lowest BCUT2D eigenvalue weighted by atomic mass is 9.50. The van der Waals surface area contributed by atoms with E-state index < -0.39 is 0 Å². The second-order valence-corrected chi connectivity index (χ2v) is 7.95. The summed E-state index contributed by atoms with van der Waals surface area (Å²) in [5.74, 6) is 6.67. The molecule has 2 N–H and O–H groups in total. The molecule has 0 atom stereocenters. The Kier molecular flexibility index (Phi) is 2.37. The first-order valence-corrected chi connectivity index (χ1v) is 8.69. The summed E-state index contributed by atoms with van der Waals surface area (Å²) in [5.41, 5.74) is 9.35. The number of furan rings is 1. The maximum absolute atomic E-state index is 6.33. The lowest BCUT2D eigenvalue weighted by Crippen LogP contribution is -2.44. The number of nitrogen functional groups attached to an aromatic ring is 1. The SMILES string of the molecule is Nc1oc2c(c1C1C3CC4CC(C3)CC1C4)CCCC2. The minimum Gasteiger partial charge on any atom is -0.445 e. The highest BCUT2D eigenvalue weighted by molar-refractivity contribution is 5.50. The minimum atomic E-state index is 0.744. The van der Waals surface area contributed by atoms with Crippen LogP contribution in [0.2, 0.25) is 0 Å². The highest BCUT2D eigenvalue weighted by atomic mass is 16.4. The van der Waals surface area contributed by atoms with Gasteiger partial charge < -0.3 is 10.2 Å². The average molecular weight is 271 g/mol. The zero-order valence-electron chi connectivity index (χ0n) is 12.2. The Labute approximate surface area is 121 Å². The summed E-state index contributed by atoms with van der Waals surface area (Å²) in [6, 6.07) is 0. The molecule has 6 rings (SSSR count). The molecule has 4 fully saturated rings. The smallest absolute Gasteiger partial charge is 0.194 e. The van der Waals surface area contributed by atoms with Crippen LogP contribution in [0.15, 0.2) is 4.42 Å². The first-order chi connectivity index (χ1) is 9.79. The Hall–Kier alpha value is -0.920. The van der Waals surface area contributed by atoms with Crippen LogP contribution < -0.4 is 5.73 Å². The summed E-state index contributed by atoms with van der Waals surface area (Å²) in [6.07, 6.45) is 12.3. The molecule has 4 bridgehead atoms. The fraction of sp³-hybridized carbons (Fsp3) is 0.778. The highest BCUT2D eigenvalue weighted by Crippen LogP contribution is 2.61. The molecule has 108 valence electrons. The van der Waals surface area contributed by atoms with Crippen molar-refractivity contribution in [3.8, 4) is 0 Å². The molecule has 4 saturated carbocycles. The fourth-order valence-corrected chi connectivity index (χ4v) is 6.37. The van der Waals surface area contributed by atoms with E-state index in [4.69, 9.17) is 10.2 Å². The van der Waals surface area contributed by atoms with Crippen molar-refractivity contribution in [3.63, 3.8) is 0 Å². The second-order valence-electron chi connectivity index (χ2n) is 7.95. The molecule has 2 nitrogen and oxygen atoms in total. The third-order valence-electron chi connectivity index (χ3n) is 6.80. The number of hydrogen-bond donors (Lipinski definition) is 1. The summed E-state index contributed by atoms with van der Waals surface area (Å²) in [7, 11) is 0. The number of rotatable bonds is 1. The zero-order chi connectivity index (χ0) is 13.3. The van der Waals surface area contributed by atoms with Gasteiger partial charge in [0, 0.05) is 12.0 Å². The van der Waals surface area contributed by atoms with Crippen LogP contribution in [0.3, 0.4) is 0 Å². The summed E-state index contributed by atoms with van der Waals surface area (Å²) in [4.78, 5) is 0. The van der Waals surface area contributed by atoms with Crippen LogP contribution in [0.1, 0.15) is 67.8 Å². The van der Waals surface area contributed by atoms with Gasteiger partial charge in [-0.05, 0) is 86.5 Å². The van der Waals surface area contributed by atoms with Gasteiger partial charge in [0.25, 0.3) is 0 Å². The maximum Gasteiger partial charge on any atom is 0.194 e. The summed E-state index contributed by atoms with van der Waals surface area (Å²) in [6.45, 7) is 0.